The van der Waals surface area contributed by atoms with Crippen LogP contribution in [0.4, 0.5) is 0 Å². The molecule has 3 rings (SSSR count). The summed E-state index contributed by atoms with van der Waals surface area (Å²) >= 11 is 6.28. The van der Waals surface area contributed by atoms with Crippen LogP contribution >= 0.6 is 24.8 Å². The van der Waals surface area contributed by atoms with Crippen LogP contribution in [0, 0.1) is 0 Å². The molecule has 3 aromatic rings. The normalized spacial score (nSPS) is 9.65. The Morgan fingerprint density at radius 1 is 0.900 bits per heavy atom. The minimum Gasteiger partial charge on any atom is -0.760 e. The van der Waals surface area contributed by atoms with E-state index >= 15 is 0 Å². The molecular formula is C28H37N2O7S3-. The standard InChI is InChI=1S/C11H12O3S.C7H6OS.C6H6O.C4H11N.H3NO2S/c1-2-10(12)13-8-14-11(15)9-6-4-3-5-7-9;8-7(9)6-4-2-1-3-5-6;7-6-4-2-1-3-5-6;1-2-3-4-5;1-4(2)3/h3-7H,2,8H2,1H3;1-5H,(H,8,9);1-5,7H;2-5H2,1H3;1H2,(H,2,3)/p-1. The van der Waals surface area contributed by atoms with E-state index in [1.807, 2.05) is 54.6 Å². The Morgan fingerprint density at radius 3 is 1.60 bits per heavy atom. The van der Waals surface area contributed by atoms with Crippen molar-refractivity contribution in [3.05, 3.63) is 102 Å². The molecule has 0 heterocycles. The molecule has 0 saturated carbocycles. The van der Waals surface area contributed by atoms with Gasteiger partial charge in [0.2, 0.25) is 11.9 Å². The molecule has 9 nitrogen and oxygen atoms in total. The Bertz CT molecular complexity index is 1070. The zero-order chi connectivity index (χ0) is 30.6. The van der Waals surface area contributed by atoms with Crippen molar-refractivity contribution in [3.8, 4) is 5.75 Å². The Morgan fingerprint density at radius 2 is 1.32 bits per heavy atom. The van der Waals surface area contributed by atoms with Crippen molar-refractivity contribution in [1.82, 2.24) is 0 Å². The highest BCUT2D eigenvalue weighted by molar-refractivity contribution is 7.97. The van der Waals surface area contributed by atoms with Gasteiger partial charge in [-0.2, -0.15) is 0 Å². The van der Waals surface area contributed by atoms with Crippen LogP contribution in [0.25, 0.3) is 0 Å². The van der Waals surface area contributed by atoms with Crippen LogP contribution in [-0.4, -0.2) is 43.3 Å². The molecule has 1 unspecified atom stereocenters. The second kappa shape index (κ2) is 27.4. The number of ether oxygens (including phenoxy) is 2. The number of hydrogen-bond acceptors (Lipinski definition) is 9. The number of hydrogen-bond donors (Lipinski definition) is 4. The number of thiocarbonyl (C=S) groups is 1. The van der Waals surface area contributed by atoms with Crippen molar-refractivity contribution in [3.63, 3.8) is 0 Å². The predicted molar refractivity (Wildman–Crippen MR) is 165 cm³/mol. The number of carbonyl (C=O) groups is 2. The fourth-order valence-electron chi connectivity index (χ4n) is 2.12. The molecule has 0 fully saturated rings. The van der Waals surface area contributed by atoms with Gasteiger partial charge in [0.05, 0.1) is 0 Å². The molecule has 0 aromatic heterocycles. The van der Waals surface area contributed by atoms with Gasteiger partial charge in [-0.05, 0) is 37.3 Å². The number of phenols is 1. The zero-order valence-electron chi connectivity index (χ0n) is 22.5. The van der Waals surface area contributed by atoms with Gasteiger partial charge in [0.25, 0.3) is 0 Å². The topological polar surface area (TPSA) is 165 Å². The molecule has 3 aromatic carbocycles. The van der Waals surface area contributed by atoms with Crippen molar-refractivity contribution >= 4 is 52.2 Å². The summed E-state index contributed by atoms with van der Waals surface area (Å²) in [7, 11) is 0. The van der Waals surface area contributed by atoms with Gasteiger partial charge in [0.1, 0.15) is 5.75 Å². The minimum atomic E-state index is -2.36. The molecule has 0 aliphatic rings. The summed E-state index contributed by atoms with van der Waals surface area (Å²) in [5, 5.41) is 12.8. The maximum atomic E-state index is 10.8. The second-order valence-electron chi connectivity index (χ2n) is 7.20. The van der Waals surface area contributed by atoms with E-state index in [4.69, 9.17) is 41.3 Å². The lowest BCUT2D eigenvalue weighted by Gasteiger charge is -2.07. The fourth-order valence-corrected chi connectivity index (χ4v) is 2.45. The number of esters is 1. The van der Waals surface area contributed by atoms with Crippen molar-refractivity contribution < 1.29 is 32.9 Å². The first kappa shape index (κ1) is 39.0. The highest BCUT2D eigenvalue weighted by Crippen LogP contribution is 2.04. The lowest BCUT2D eigenvalue weighted by atomic mass is 10.2. The number of carbonyl (C=O) groups excluding carboxylic acids is 2. The summed E-state index contributed by atoms with van der Waals surface area (Å²) in [5.41, 5.74) is 6.58. The van der Waals surface area contributed by atoms with Crippen molar-refractivity contribution in [2.45, 2.75) is 33.1 Å². The van der Waals surface area contributed by atoms with Gasteiger partial charge in [-0.25, -0.2) is 0 Å². The van der Waals surface area contributed by atoms with E-state index in [2.05, 4.69) is 24.7 Å². The largest absolute Gasteiger partial charge is 0.760 e. The number of unbranched alkanes of at least 4 members (excludes halogenated alkanes) is 1. The molecule has 220 valence electrons. The molecule has 40 heavy (non-hydrogen) atoms. The summed E-state index contributed by atoms with van der Waals surface area (Å²) in [6.45, 7) is 4.57. The Kier molecular flexibility index (Phi) is 26.8. The van der Waals surface area contributed by atoms with Gasteiger partial charge < -0.3 is 24.9 Å². The average Bonchev–Trinajstić information content (AvgIpc) is 2.95. The Labute approximate surface area is 249 Å². The molecule has 0 aliphatic carbocycles. The van der Waals surface area contributed by atoms with Crippen LogP contribution in [0.5, 0.6) is 5.75 Å². The summed E-state index contributed by atoms with van der Waals surface area (Å²) in [6, 6.07) is 26.9. The highest BCUT2D eigenvalue weighted by atomic mass is 32.2. The molecule has 1 atom stereocenters. The highest BCUT2D eigenvalue weighted by Gasteiger charge is 2.02. The van der Waals surface area contributed by atoms with Gasteiger partial charge in [-0.1, -0.05) is 99.1 Å². The van der Waals surface area contributed by atoms with Crippen LogP contribution in [0.1, 0.15) is 49.0 Å². The van der Waals surface area contributed by atoms with Crippen LogP contribution in [0.15, 0.2) is 91.0 Å². The third kappa shape index (κ3) is 26.5. The minimum absolute atomic E-state index is 0.125. The number of nitrogens with two attached hydrogens (primary N) is 2. The number of thiol groups is 1. The summed E-state index contributed by atoms with van der Waals surface area (Å²) in [5.74, 6) is 0.0216. The number of phenolic OH excluding ortho intramolecular Hbond substituents is 1. The molecule has 0 aliphatic heterocycles. The molecule has 0 radical (unpaired) electrons. The smallest absolute Gasteiger partial charge is 0.308 e. The first-order valence-electron chi connectivity index (χ1n) is 12.0. The number of para-hydroxylation sites is 1. The van der Waals surface area contributed by atoms with E-state index < -0.39 is 11.3 Å². The predicted octanol–water partition coefficient (Wildman–Crippen LogP) is 4.92. The average molecular weight is 610 g/mol. The third-order valence-corrected chi connectivity index (χ3v) is 4.65. The molecule has 0 bridgehead atoms. The summed E-state index contributed by atoms with van der Waals surface area (Å²) in [4.78, 5) is 21.3. The van der Waals surface area contributed by atoms with E-state index in [0.717, 1.165) is 12.1 Å². The number of rotatable bonds is 7. The number of aromatic hydroxyl groups is 1. The molecule has 12 heteroatoms. The third-order valence-electron chi connectivity index (χ3n) is 4.04. The SMILES string of the molecule is CCC(=O)OCOC(=S)c1ccccc1.CCCCN.NS(=O)[O-].O=C(S)c1ccccc1.Oc1ccccc1. The molecule has 5 N–H and O–H groups in total. The fraction of sp³-hybridized carbons (Fsp3) is 0.250. The van der Waals surface area contributed by atoms with E-state index in [9.17, 15) is 9.59 Å². The van der Waals surface area contributed by atoms with Gasteiger partial charge in [0.15, 0.2) is 5.05 Å². The second-order valence-corrected chi connectivity index (χ2v) is 8.49. The lowest BCUT2D eigenvalue weighted by Crippen LogP contribution is -2.11. The maximum Gasteiger partial charge on any atom is 0.308 e. The van der Waals surface area contributed by atoms with Crippen LogP contribution in [0.3, 0.4) is 0 Å². The van der Waals surface area contributed by atoms with E-state index in [0.29, 0.717) is 22.8 Å². The van der Waals surface area contributed by atoms with Crippen LogP contribution in [-0.2, 0) is 25.5 Å². The summed E-state index contributed by atoms with van der Waals surface area (Å²) in [6.07, 6.45) is 2.72. The molecule has 0 saturated heterocycles. The monoisotopic (exact) mass is 609 g/mol. The van der Waals surface area contributed by atoms with Gasteiger partial charge in [-0.15, -0.1) is 12.6 Å². The van der Waals surface area contributed by atoms with E-state index in [-0.39, 0.29) is 17.9 Å². The maximum absolute atomic E-state index is 10.8. The summed E-state index contributed by atoms with van der Waals surface area (Å²) < 4.78 is 27.4. The molecule has 0 amide bonds. The number of benzene rings is 3. The van der Waals surface area contributed by atoms with Gasteiger partial charge in [-0.3, -0.25) is 18.9 Å². The van der Waals surface area contributed by atoms with E-state index in [1.54, 1.807) is 43.3 Å². The van der Waals surface area contributed by atoms with Crippen molar-refractivity contribution in [2.24, 2.45) is 10.9 Å². The Hall–Kier alpha value is -3.13. The quantitative estimate of drug-likeness (QED) is 0.0956. The van der Waals surface area contributed by atoms with Crippen LogP contribution < -0.4 is 10.9 Å². The zero-order valence-corrected chi connectivity index (χ0v) is 25.0. The van der Waals surface area contributed by atoms with Crippen LogP contribution in [0.2, 0.25) is 0 Å². The van der Waals surface area contributed by atoms with Crippen molar-refractivity contribution in [2.75, 3.05) is 13.3 Å². The van der Waals surface area contributed by atoms with Crippen molar-refractivity contribution in [1.29, 1.82) is 0 Å². The Balaban J connectivity index is 0. The first-order valence-corrected chi connectivity index (χ1v) is 14.0. The van der Waals surface area contributed by atoms with E-state index in [1.165, 1.54) is 12.8 Å². The first-order chi connectivity index (χ1) is 19.1. The van der Waals surface area contributed by atoms with Gasteiger partial charge >= 0.3 is 5.97 Å². The lowest BCUT2D eigenvalue weighted by molar-refractivity contribution is -0.150. The van der Waals surface area contributed by atoms with Gasteiger partial charge in [0, 0.05) is 28.8 Å². The molecular weight excluding hydrogens is 573 g/mol. The molecule has 0 spiro atoms.